The molecule has 1 amide bonds. The van der Waals surface area contributed by atoms with Crippen LogP contribution in [0.3, 0.4) is 0 Å². The standard InChI is InChI=1S/C15H20N2O4/c18-10-12-8-11(6-7-16-12)15(20)17-9-14(19)21-13-4-2-1-3-5-13/h6-8,13,18H,1-5,9-10H2,(H,17,20). The maximum Gasteiger partial charge on any atom is 0.325 e. The van der Waals surface area contributed by atoms with Crippen LogP contribution in [0.5, 0.6) is 0 Å². The number of nitrogens with one attached hydrogen (secondary N) is 1. The zero-order chi connectivity index (χ0) is 15.1. The molecule has 0 spiro atoms. The fourth-order valence-corrected chi connectivity index (χ4v) is 2.37. The number of ether oxygens (including phenoxy) is 1. The van der Waals surface area contributed by atoms with Gasteiger partial charge in [-0.15, -0.1) is 0 Å². The van der Waals surface area contributed by atoms with Gasteiger partial charge in [-0.25, -0.2) is 0 Å². The molecular formula is C15H20N2O4. The minimum atomic E-state index is -0.410. The van der Waals surface area contributed by atoms with Crippen LogP contribution >= 0.6 is 0 Å². The average molecular weight is 292 g/mol. The predicted molar refractivity (Wildman–Crippen MR) is 75.5 cm³/mol. The van der Waals surface area contributed by atoms with Crippen LogP contribution in [-0.4, -0.2) is 34.6 Å². The molecule has 2 rings (SSSR count). The third-order valence-electron chi connectivity index (χ3n) is 3.48. The number of hydrogen-bond donors (Lipinski definition) is 2. The third kappa shape index (κ3) is 4.82. The molecule has 0 radical (unpaired) electrons. The summed E-state index contributed by atoms with van der Waals surface area (Å²) in [5.41, 5.74) is 0.770. The van der Waals surface area contributed by atoms with Gasteiger partial charge in [0, 0.05) is 11.8 Å². The number of aliphatic hydroxyl groups is 1. The molecule has 0 atom stereocenters. The van der Waals surface area contributed by atoms with E-state index in [9.17, 15) is 9.59 Å². The average Bonchev–Trinajstić information content (AvgIpc) is 2.53. The minimum absolute atomic E-state index is 0.00920. The van der Waals surface area contributed by atoms with Gasteiger partial charge < -0.3 is 15.2 Å². The van der Waals surface area contributed by atoms with Crippen molar-refractivity contribution in [1.82, 2.24) is 10.3 Å². The molecule has 1 aromatic rings. The number of amides is 1. The van der Waals surface area contributed by atoms with E-state index in [0.717, 1.165) is 25.7 Å². The number of carbonyl (C=O) groups excluding carboxylic acids is 2. The van der Waals surface area contributed by atoms with Gasteiger partial charge in [-0.05, 0) is 37.8 Å². The topological polar surface area (TPSA) is 88.5 Å². The maximum absolute atomic E-state index is 11.9. The highest BCUT2D eigenvalue weighted by Crippen LogP contribution is 2.20. The molecule has 1 aliphatic carbocycles. The molecule has 6 heteroatoms. The maximum atomic E-state index is 11.9. The summed E-state index contributed by atoms with van der Waals surface area (Å²) in [6, 6.07) is 3.02. The molecule has 1 saturated carbocycles. The van der Waals surface area contributed by atoms with Crippen molar-refractivity contribution in [2.75, 3.05) is 6.54 Å². The fourth-order valence-electron chi connectivity index (χ4n) is 2.37. The number of pyridine rings is 1. The monoisotopic (exact) mass is 292 g/mol. The van der Waals surface area contributed by atoms with Crippen molar-refractivity contribution in [2.45, 2.75) is 44.8 Å². The first-order valence-electron chi connectivity index (χ1n) is 7.22. The van der Waals surface area contributed by atoms with E-state index in [1.165, 1.54) is 24.8 Å². The van der Waals surface area contributed by atoms with Gasteiger partial charge in [0.05, 0.1) is 12.3 Å². The highest BCUT2D eigenvalue weighted by Gasteiger charge is 2.18. The van der Waals surface area contributed by atoms with E-state index in [-0.39, 0.29) is 25.2 Å². The van der Waals surface area contributed by atoms with Crippen molar-refractivity contribution < 1.29 is 19.4 Å². The van der Waals surface area contributed by atoms with Crippen molar-refractivity contribution in [3.8, 4) is 0 Å². The van der Waals surface area contributed by atoms with Gasteiger partial charge in [0.2, 0.25) is 0 Å². The van der Waals surface area contributed by atoms with Crippen LogP contribution in [-0.2, 0) is 16.1 Å². The van der Waals surface area contributed by atoms with Crippen LogP contribution in [0.1, 0.15) is 48.2 Å². The number of carbonyl (C=O) groups is 2. The van der Waals surface area contributed by atoms with Gasteiger partial charge in [-0.1, -0.05) is 6.42 Å². The van der Waals surface area contributed by atoms with Crippen molar-refractivity contribution in [2.24, 2.45) is 0 Å². The van der Waals surface area contributed by atoms with E-state index >= 15 is 0 Å². The SMILES string of the molecule is O=C(CNC(=O)c1ccnc(CO)c1)OC1CCCCC1. The molecule has 0 aromatic carbocycles. The predicted octanol–water partition coefficient (Wildman–Crippen LogP) is 1.18. The molecule has 0 aliphatic heterocycles. The Labute approximate surface area is 123 Å². The van der Waals surface area contributed by atoms with Crippen LogP contribution in [0.2, 0.25) is 0 Å². The van der Waals surface area contributed by atoms with E-state index in [4.69, 9.17) is 9.84 Å². The van der Waals surface area contributed by atoms with E-state index in [1.54, 1.807) is 0 Å². The minimum Gasteiger partial charge on any atom is -0.461 e. The van der Waals surface area contributed by atoms with E-state index in [1.807, 2.05) is 0 Å². The summed E-state index contributed by atoms with van der Waals surface area (Å²) in [4.78, 5) is 27.5. The Kier molecular flexibility index (Phi) is 5.68. The second kappa shape index (κ2) is 7.73. The van der Waals surface area contributed by atoms with Crippen molar-refractivity contribution in [3.05, 3.63) is 29.6 Å². The Hall–Kier alpha value is -1.95. The molecule has 1 fully saturated rings. The second-order valence-electron chi connectivity index (χ2n) is 5.13. The Balaban J connectivity index is 1.78. The van der Waals surface area contributed by atoms with Gasteiger partial charge in [0.25, 0.3) is 5.91 Å². The number of aliphatic hydroxyl groups excluding tert-OH is 1. The van der Waals surface area contributed by atoms with E-state index < -0.39 is 5.97 Å². The summed E-state index contributed by atoms with van der Waals surface area (Å²) < 4.78 is 5.32. The van der Waals surface area contributed by atoms with Crippen molar-refractivity contribution in [3.63, 3.8) is 0 Å². The lowest BCUT2D eigenvalue weighted by molar-refractivity contribution is -0.149. The van der Waals surface area contributed by atoms with Crippen LogP contribution in [0.4, 0.5) is 0 Å². The zero-order valence-electron chi connectivity index (χ0n) is 11.9. The molecule has 2 N–H and O–H groups in total. The van der Waals surface area contributed by atoms with E-state index in [2.05, 4.69) is 10.3 Å². The molecule has 0 saturated heterocycles. The summed E-state index contributed by atoms with van der Waals surface area (Å²) in [6.07, 6.45) is 6.62. The Morgan fingerprint density at radius 2 is 2.10 bits per heavy atom. The van der Waals surface area contributed by atoms with Crippen molar-refractivity contribution in [1.29, 1.82) is 0 Å². The van der Waals surface area contributed by atoms with Gasteiger partial charge in [0.1, 0.15) is 12.6 Å². The molecule has 21 heavy (non-hydrogen) atoms. The van der Waals surface area contributed by atoms with Crippen molar-refractivity contribution >= 4 is 11.9 Å². The first kappa shape index (κ1) is 15.4. The lowest BCUT2D eigenvalue weighted by Crippen LogP contribution is -2.33. The number of rotatable bonds is 5. The summed E-state index contributed by atoms with van der Waals surface area (Å²) in [5, 5.41) is 11.5. The van der Waals surface area contributed by atoms with E-state index in [0.29, 0.717) is 11.3 Å². The normalized spacial score (nSPS) is 15.5. The molecule has 0 unspecified atom stereocenters. The smallest absolute Gasteiger partial charge is 0.325 e. The second-order valence-corrected chi connectivity index (χ2v) is 5.13. The first-order valence-corrected chi connectivity index (χ1v) is 7.22. The Morgan fingerprint density at radius 1 is 1.33 bits per heavy atom. The van der Waals surface area contributed by atoms with Crippen LogP contribution in [0.15, 0.2) is 18.3 Å². The van der Waals surface area contributed by atoms with Crippen LogP contribution in [0.25, 0.3) is 0 Å². The summed E-state index contributed by atoms with van der Waals surface area (Å²) in [6.45, 7) is -0.378. The zero-order valence-corrected chi connectivity index (χ0v) is 11.9. The molecule has 1 aromatic heterocycles. The third-order valence-corrected chi connectivity index (χ3v) is 3.48. The van der Waals surface area contributed by atoms with Gasteiger partial charge in [0.15, 0.2) is 0 Å². The highest BCUT2D eigenvalue weighted by molar-refractivity contribution is 5.95. The van der Waals surface area contributed by atoms with Gasteiger partial charge in [-0.3, -0.25) is 14.6 Å². The number of hydrogen-bond acceptors (Lipinski definition) is 5. The first-order chi connectivity index (χ1) is 10.2. The summed E-state index contributed by atoms with van der Waals surface area (Å²) in [5.74, 6) is -0.792. The molecule has 6 nitrogen and oxygen atoms in total. The number of aromatic nitrogens is 1. The summed E-state index contributed by atoms with van der Waals surface area (Å²) >= 11 is 0. The lowest BCUT2D eigenvalue weighted by atomic mass is 9.98. The molecule has 0 bridgehead atoms. The Morgan fingerprint density at radius 3 is 2.81 bits per heavy atom. The molecular weight excluding hydrogens is 272 g/mol. The van der Waals surface area contributed by atoms with Crippen LogP contribution in [0, 0.1) is 0 Å². The quantitative estimate of drug-likeness (QED) is 0.796. The lowest BCUT2D eigenvalue weighted by Gasteiger charge is -2.21. The van der Waals surface area contributed by atoms with Gasteiger partial charge >= 0.3 is 5.97 Å². The largest absolute Gasteiger partial charge is 0.461 e. The fraction of sp³-hybridized carbons (Fsp3) is 0.533. The van der Waals surface area contributed by atoms with Crippen LogP contribution < -0.4 is 5.32 Å². The Bertz CT molecular complexity index is 498. The molecule has 114 valence electrons. The number of nitrogens with zero attached hydrogens (tertiary/aromatic N) is 1. The summed E-state index contributed by atoms with van der Waals surface area (Å²) in [7, 11) is 0. The molecule has 1 aliphatic rings. The molecule has 1 heterocycles. The highest BCUT2D eigenvalue weighted by atomic mass is 16.5. The van der Waals surface area contributed by atoms with Gasteiger partial charge in [-0.2, -0.15) is 0 Å². The number of esters is 1.